The van der Waals surface area contributed by atoms with E-state index >= 15 is 0 Å². The molecule has 192 valence electrons. The summed E-state index contributed by atoms with van der Waals surface area (Å²) in [7, 11) is 0. The number of aromatic nitrogens is 4. The zero-order chi connectivity index (χ0) is 25.4. The highest BCUT2D eigenvalue weighted by molar-refractivity contribution is 5.57. The van der Waals surface area contributed by atoms with Crippen LogP contribution in [0.2, 0.25) is 0 Å². The number of rotatable bonds is 6. The van der Waals surface area contributed by atoms with Gasteiger partial charge in [-0.15, -0.1) is 5.10 Å². The Morgan fingerprint density at radius 3 is 2.64 bits per heavy atom. The standard InChI is InChI=1S/C23H24F3N5O5/c24-14-7-12(8-15(25)19(14)26)16-10-31(30-29-16)20-21(33)17(11-32)36-23(22(20)34)18(4-6-35-23)28-9-13-3-1-2-5-27-13/h1-3,5,7-8,10,17-18,20-22,28,32-34H,4,6,9,11H2/t17-,18-,20+,21+,22-,23+/m1/s1. The third-order valence-corrected chi connectivity index (χ3v) is 6.55. The Hall–Kier alpha value is -2.94. The molecule has 0 radical (unpaired) electrons. The molecule has 4 N–H and O–H groups in total. The van der Waals surface area contributed by atoms with Gasteiger partial charge < -0.3 is 30.1 Å². The van der Waals surface area contributed by atoms with Gasteiger partial charge >= 0.3 is 0 Å². The van der Waals surface area contributed by atoms with Gasteiger partial charge in [-0.1, -0.05) is 11.3 Å². The number of aliphatic hydroxyl groups is 3. The average molecular weight is 507 g/mol. The smallest absolute Gasteiger partial charge is 0.213 e. The Morgan fingerprint density at radius 2 is 1.94 bits per heavy atom. The zero-order valence-electron chi connectivity index (χ0n) is 18.8. The van der Waals surface area contributed by atoms with Crippen molar-refractivity contribution in [3.8, 4) is 11.3 Å². The van der Waals surface area contributed by atoms with E-state index in [1.807, 2.05) is 12.1 Å². The summed E-state index contributed by atoms with van der Waals surface area (Å²) in [5.74, 6) is -6.05. The molecule has 5 rings (SSSR count). The Bertz CT molecular complexity index is 1190. The monoisotopic (exact) mass is 507 g/mol. The average Bonchev–Trinajstić information content (AvgIpc) is 3.52. The van der Waals surface area contributed by atoms with Gasteiger partial charge in [0.15, 0.2) is 17.5 Å². The molecule has 4 heterocycles. The molecule has 3 aromatic rings. The first-order chi connectivity index (χ1) is 17.3. The Balaban J connectivity index is 1.45. The van der Waals surface area contributed by atoms with Crippen molar-refractivity contribution in [1.82, 2.24) is 25.3 Å². The van der Waals surface area contributed by atoms with Crippen molar-refractivity contribution in [1.29, 1.82) is 0 Å². The molecule has 6 atom stereocenters. The second kappa shape index (κ2) is 9.84. The molecule has 0 bridgehead atoms. The van der Waals surface area contributed by atoms with Crippen molar-refractivity contribution in [2.75, 3.05) is 13.2 Å². The second-order valence-electron chi connectivity index (χ2n) is 8.72. The minimum absolute atomic E-state index is 0.0227. The van der Waals surface area contributed by atoms with Crippen LogP contribution in [0.25, 0.3) is 11.3 Å². The highest BCUT2D eigenvalue weighted by Crippen LogP contribution is 2.43. The summed E-state index contributed by atoms with van der Waals surface area (Å²) >= 11 is 0. The van der Waals surface area contributed by atoms with E-state index in [4.69, 9.17) is 9.47 Å². The normalized spacial score (nSPS) is 30.2. The number of nitrogens with one attached hydrogen (secondary N) is 1. The molecule has 1 spiro atoms. The Labute approximate surface area is 203 Å². The second-order valence-corrected chi connectivity index (χ2v) is 8.72. The summed E-state index contributed by atoms with van der Waals surface area (Å²) in [5.41, 5.74) is 0.638. The van der Waals surface area contributed by atoms with Gasteiger partial charge in [-0.25, -0.2) is 17.9 Å². The number of pyridine rings is 1. The van der Waals surface area contributed by atoms with E-state index in [0.29, 0.717) is 13.0 Å². The third-order valence-electron chi connectivity index (χ3n) is 6.55. The van der Waals surface area contributed by atoms with Gasteiger partial charge in [-0.05, 0) is 30.7 Å². The molecule has 0 amide bonds. The minimum Gasteiger partial charge on any atom is -0.394 e. The van der Waals surface area contributed by atoms with E-state index in [1.54, 1.807) is 12.3 Å². The number of aliphatic hydroxyl groups excluding tert-OH is 3. The van der Waals surface area contributed by atoms with Crippen LogP contribution in [0.15, 0.2) is 42.7 Å². The van der Waals surface area contributed by atoms with Gasteiger partial charge in [0.05, 0.1) is 31.1 Å². The zero-order valence-corrected chi connectivity index (χ0v) is 18.8. The molecule has 10 nitrogen and oxygen atoms in total. The van der Waals surface area contributed by atoms with Crippen LogP contribution in [0.4, 0.5) is 13.2 Å². The van der Waals surface area contributed by atoms with Gasteiger partial charge in [-0.3, -0.25) is 4.98 Å². The molecule has 2 aromatic heterocycles. The van der Waals surface area contributed by atoms with Crippen LogP contribution in [-0.2, 0) is 16.0 Å². The number of nitrogens with zero attached hydrogens (tertiary/aromatic N) is 4. The first-order valence-electron chi connectivity index (χ1n) is 11.3. The molecule has 13 heteroatoms. The molecule has 0 unspecified atom stereocenters. The topological polar surface area (TPSA) is 135 Å². The van der Waals surface area contributed by atoms with Crippen molar-refractivity contribution in [3.63, 3.8) is 0 Å². The Kier molecular flexibility index (Phi) is 6.76. The van der Waals surface area contributed by atoms with Crippen LogP contribution in [0.5, 0.6) is 0 Å². The minimum atomic E-state index is -1.65. The highest BCUT2D eigenvalue weighted by atomic mass is 19.2. The third kappa shape index (κ3) is 4.27. The van der Waals surface area contributed by atoms with Gasteiger partial charge in [-0.2, -0.15) is 0 Å². The van der Waals surface area contributed by atoms with Gasteiger partial charge in [0.25, 0.3) is 0 Å². The van der Waals surface area contributed by atoms with Crippen molar-refractivity contribution in [2.45, 2.75) is 49.1 Å². The van der Waals surface area contributed by atoms with E-state index in [-0.39, 0.29) is 17.9 Å². The molecule has 2 aliphatic rings. The van der Waals surface area contributed by atoms with Crippen molar-refractivity contribution >= 4 is 0 Å². The maximum absolute atomic E-state index is 13.7. The summed E-state index contributed by atoms with van der Waals surface area (Å²) in [6, 6.07) is 5.24. The van der Waals surface area contributed by atoms with Gasteiger partial charge in [0, 0.05) is 18.3 Å². The molecule has 36 heavy (non-hydrogen) atoms. The lowest BCUT2D eigenvalue weighted by molar-refractivity contribution is -0.345. The van der Waals surface area contributed by atoms with Gasteiger partial charge in [0.2, 0.25) is 5.79 Å². The van der Waals surface area contributed by atoms with E-state index < -0.39 is 60.2 Å². The van der Waals surface area contributed by atoms with Crippen LogP contribution in [0.1, 0.15) is 18.2 Å². The van der Waals surface area contributed by atoms with E-state index in [9.17, 15) is 28.5 Å². The predicted molar refractivity (Wildman–Crippen MR) is 117 cm³/mol. The fourth-order valence-corrected chi connectivity index (χ4v) is 4.75. The molecule has 2 aliphatic heterocycles. The Morgan fingerprint density at radius 1 is 1.17 bits per heavy atom. The van der Waals surface area contributed by atoms with Gasteiger partial charge in [0.1, 0.15) is 30.0 Å². The highest BCUT2D eigenvalue weighted by Gasteiger charge is 2.61. The predicted octanol–water partition coefficient (Wildman–Crippen LogP) is 0.686. The number of hydrogen-bond acceptors (Lipinski definition) is 9. The first-order valence-corrected chi connectivity index (χ1v) is 11.3. The number of benzene rings is 1. The maximum atomic E-state index is 13.7. The van der Waals surface area contributed by atoms with Crippen molar-refractivity contribution < 1.29 is 38.0 Å². The summed E-state index contributed by atoms with van der Waals surface area (Å²) in [4.78, 5) is 4.26. The van der Waals surface area contributed by atoms with Crippen LogP contribution < -0.4 is 5.32 Å². The van der Waals surface area contributed by atoms with Crippen molar-refractivity contribution in [3.05, 3.63) is 65.9 Å². The quantitative estimate of drug-likeness (QED) is 0.356. The first kappa shape index (κ1) is 24.7. The number of hydrogen-bond donors (Lipinski definition) is 4. The lowest BCUT2D eigenvalue weighted by Gasteiger charge is -2.49. The summed E-state index contributed by atoms with van der Waals surface area (Å²) < 4.78 is 53.8. The molecule has 1 aromatic carbocycles. The maximum Gasteiger partial charge on any atom is 0.213 e. The SMILES string of the molecule is OC[C@H]1O[C@]2(OCC[C@H]2NCc2ccccn2)[C@H](O)[C@@H](n2cc(-c3cc(F)c(F)c(F)c3)nn2)[C@H]1O. The lowest BCUT2D eigenvalue weighted by atomic mass is 9.86. The largest absolute Gasteiger partial charge is 0.394 e. The van der Waals surface area contributed by atoms with Crippen LogP contribution >= 0.6 is 0 Å². The lowest BCUT2D eigenvalue weighted by Crippen LogP contribution is -2.68. The molecule has 2 fully saturated rings. The molecule has 0 saturated carbocycles. The summed E-state index contributed by atoms with van der Waals surface area (Å²) in [6.45, 7) is -0.00801. The van der Waals surface area contributed by atoms with Crippen LogP contribution in [0.3, 0.4) is 0 Å². The summed E-state index contributed by atoms with van der Waals surface area (Å²) in [6.07, 6.45) is -0.713. The van der Waals surface area contributed by atoms with Crippen LogP contribution in [0, 0.1) is 17.5 Å². The number of halogens is 3. The molecule has 2 saturated heterocycles. The summed E-state index contributed by atoms with van der Waals surface area (Å²) in [5, 5.41) is 43.3. The fourth-order valence-electron chi connectivity index (χ4n) is 4.75. The molecule has 0 aliphatic carbocycles. The molecular formula is C23H24F3N5O5. The van der Waals surface area contributed by atoms with E-state index in [1.165, 1.54) is 6.20 Å². The van der Waals surface area contributed by atoms with Crippen LogP contribution in [-0.4, -0.2) is 78.7 Å². The van der Waals surface area contributed by atoms with Crippen molar-refractivity contribution in [2.24, 2.45) is 0 Å². The fraction of sp³-hybridized carbons (Fsp3) is 0.435. The van der Waals surface area contributed by atoms with E-state index in [0.717, 1.165) is 22.5 Å². The van der Waals surface area contributed by atoms with E-state index in [2.05, 4.69) is 20.6 Å². The number of ether oxygens (including phenoxy) is 2. The molecular weight excluding hydrogens is 483 g/mol.